The van der Waals surface area contributed by atoms with Crippen molar-refractivity contribution in [1.82, 2.24) is 4.57 Å². The molecule has 0 saturated heterocycles. The number of aryl methyl sites for hydroxylation is 1. The average Bonchev–Trinajstić information content (AvgIpc) is 2.48. The number of nitrogens with two attached hydrogens (primary N) is 1. The van der Waals surface area contributed by atoms with Crippen LogP contribution in [-0.2, 0) is 0 Å². The maximum Gasteiger partial charge on any atom is 0.264 e. The smallest absolute Gasteiger partial charge is 0.264 e. The third-order valence-electron chi connectivity index (χ3n) is 3.78. The number of rotatable bonds is 2. The lowest BCUT2D eigenvalue weighted by Crippen LogP contribution is -2.25. The standard InChI is InChI=1S/C18H17ClN2O/c1-11-6-8-14(9-7-11)21-16(12(2)20)10-13-4-3-5-15(19)17(13)18(21)22/h3-10,12H,20H2,1-2H3. The normalized spacial score (nSPS) is 12.5. The molecule has 1 unspecified atom stereocenters. The zero-order chi connectivity index (χ0) is 15.9. The summed E-state index contributed by atoms with van der Waals surface area (Å²) in [5, 5.41) is 1.79. The summed E-state index contributed by atoms with van der Waals surface area (Å²) in [6.07, 6.45) is 0. The molecule has 1 atom stereocenters. The summed E-state index contributed by atoms with van der Waals surface area (Å²) in [5.74, 6) is 0. The van der Waals surface area contributed by atoms with Gasteiger partial charge >= 0.3 is 0 Å². The van der Waals surface area contributed by atoms with Gasteiger partial charge in [0.25, 0.3) is 5.56 Å². The van der Waals surface area contributed by atoms with E-state index in [0.717, 1.165) is 22.3 Å². The number of halogens is 1. The molecule has 22 heavy (non-hydrogen) atoms. The summed E-state index contributed by atoms with van der Waals surface area (Å²) in [4.78, 5) is 13.0. The van der Waals surface area contributed by atoms with Crippen molar-refractivity contribution in [2.24, 2.45) is 5.73 Å². The first-order valence-corrected chi connectivity index (χ1v) is 7.53. The molecule has 0 bridgehead atoms. The number of fused-ring (bicyclic) bond motifs is 1. The minimum absolute atomic E-state index is 0.140. The Hall–Kier alpha value is -2.10. The largest absolute Gasteiger partial charge is 0.323 e. The van der Waals surface area contributed by atoms with Gasteiger partial charge in [-0.2, -0.15) is 0 Å². The van der Waals surface area contributed by atoms with Crippen LogP contribution in [0.5, 0.6) is 0 Å². The number of nitrogens with zero attached hydrogens (tertiary/aromatic N) is 1. The van der Waals surface area contributed by atoms with E-state index in [2.05, 4.69) is 0 Å². The molecule has 3 aromatic rings. The Morgan fingerprint density at radius 3 is 2.45 bits per heavy atom. The van der Waals surface area contributed by atoms with Gasteiger partial charge in [0.05, 0.1) is 10.4 Å². The molecule has 3 rings (SSSR count). The van der Waals surface area contributed by atoms with Gasteiger partial charge in [0.15, 0.2) is 0 Å². The SMILES string of the molecule is Cc1ccc(-n2c(C(C)N)cc3cccc(Cl)c3c2=O)cc1. The Kier molecular flexibility index (Phi) is 3.77. The molecule has 0 radical (unpaired) electrons. The fraction of sp³-hybridized carbons (Fsp3) is 0.167. The molecule has 0 fully saturated rings. The maximum absolute atomic E-state index is 13.0. The van der Waals surface area contributed by atoms with E-state index in [0.29, 0.717) is 10.4 Å². The van der Waals surface area contributed by atoms with Crippen molar-refractivity contribution in [2.45, 2.75) is 19.9 Å². The highest BCUT2D eigenvalue weighted by atomic mass is 35.5. The maximum atomic E-state index is 13.0. The fourth-order valence-electron chi connectivity index (χ4n) is 2.63. The van der Waals surface area contributed by atoms with Crippen LogP contribution in [0.25, 0.3) is 16.5 Å². The van der Waals surface area contributed by atoms with Gasteiger partial charge in [-0.25, -0.2) is 0 Å². The van der Waals surface area contributed by atoms with E-state index in [1.165, 1.54) is 0 Å². The van der Waals surface area contributed by atoms with Crippen molar-refractivity contribution in [3.05, 3.63) is 75.2 Å². The summed E-state index contributed by atoms with van der Waals surface area (Å²) >= 11 is 6.23. The first kappa shape index (κ1) is 14.8. The van der Waals surface area contributed by atoms with E-state index < -0.39 is 0 Å². The quantitative estimate of drug-likeness (QED) is 0.778. The van der Waals surface area contributed by atoms with Crippen LogP contribution in [0.1, 0.15) is 24.2 Å². The minimum Gasteiger partial charge on any atom is -0.323 e. The lowest BCUT2D eigenvalue weighted by atomic mass is 10.1. The Morgan fingerprint density at radius 1 is 1.14 bits per heavy atom. The van der Waals surface area contributed by atoms with E-state index in [1.54, 1.807) is 10.6 Å². The number of hydrogen-bond acceptors (Lipinski definition) is 2. The lowest BCUT2D eigenvalue weighted by Gasteiger charge is -2.17. The van der Waals surface area contributed by atoms with Gasteiger partial charge in [0.1, 0.15) is 0 Å². The van der Waals surface area contributed by atoms with E-state index in [1.807, 2.05) is 56.3 Å². The summed E-state index contributed by atoms with van der Waals surface area (Å²) < 4.78 is 1.65. The minimum atomic E-state index is -0.266. The van der Waals surface area contributed by atoms with Crippen LogP contribution in [0.2, 0.25) is 5.02 Å². The Balaban J connectivity index is 2.43. The molecule has 0 spiro atoms. The summed E-state index contributed by atoms with van der Waals surface area (Å²) in [5.41, 5.74) is 8.65. The first-order chi connectivity index (χ1) is 10.5. The van der Waals surface area contributed by atoms with E-state index >= 15 is 0 Å². The lowest BCUT2D eigenvalue weighted by molar-refractivity contribution is 0.734. The number of hydrogen-bond donors (Lipinski definition) is 1. The van der Waals surface area contributed by atoms with Crippen molar-refractivity contribution < 1.29 is 0 Å². The summed E-state index contributed by atoms with van der Waals surface area (Å²) in [7, 11) is 0. The number of pyridine rings is 1. The first-order valence-electron chi connectivity index (χ1n) is 7.16. The third-order valence-corrected chi connectivity index (χ3v) is 4.10. The molecule has 0 amide bonds. The van der Waals surface area contributed by atoms with Crippen LogP contribution in [0.4, 0.5) is 0 Å². The van der Waals surface area contributed by atoms with Crippen molar-refractivity contribution in [3.8, 4) is 5.69 Å². The molecule has 4 heteroatoms. The topological polar surface area (TPSA) is 48.0 Å². The van der Waals surface area contributed by atoms with Crippen molar-refractivity contribution >= 4 is 22.4 Å². The van der Waals surface area contributed by atoms with Crippen LogP contribution in [-0.4, -0.2) is 4.57 Å². The number of benzene rings is 2. The molecule has 0 aliphatic rings. The molecule has 0 aliphatic carbocycles. The number of aromatic nitrogens is 1. The van der Waals surface area contributed by atoms with Crippen LogP contribution >= 0.6 is 11.6 Å². The molecular formula is C18H17ClN2O. The highest BCUT2D eigenvalue weighted by molar-refractivity contribution is 6.35. The molecule has 1 heterocycles. The monoisotopic (exact) mass is 312 g/mol. The Morgan fingerprint density at radius 2 is 1.82 bits per heavy atom. The van der Waals surface area contributed by atoms with Crippen molar-refractivity contribution in [1.29, 1.82) is 0 Å². The molecule has 3 nitrogen and oxygen atoms in total. The summed E-state index contributed by atoms with van der Waals surface area (Å²) in [6, 6.07) is 14.9. The highest BCUT2D eigenvalue weighted by Gasteiger charge is 2.15. The molecule has 1 aromatic heterocycles. The van der Waals surface area contributed by atoms with E-state index in [9.17, 15) is 4.79 Å². The van der Waals surface area contributed by atoms with Crippen LogP contribution < -0.4 is 11.3 Å². The van der Waals surface area contributed by atoms with Gasteiger partial charge in [-0.1, -0.05) is 41.4 Å². The zero-order valence-electron chi connectivity index (χ0n) is 12.5. The molecule has 2 aromatic carbocycles. The van der Waals surface area contributed by atoms with Gasteiger partial charge in [0, 0.05) is 17.4 Å². The second kappa shape index (κ2) is 5.59. The molecule has 112 valence electrons. The van der Waals surface area contributed by atoms with Gasteiger partial charge in [0.2, 0.25) is 0 Å². The average molecular weight is 313 g/mol. The highest BCUT2D eigenvalue weighted by Crippen LogP contribution is 2.24. The van der Waals surface area contributed by atoms with Gasteiger partial charge in [-0.3, -0.25) is 9.36 Å². The van der Waals surface area contributed by atoms with E-state index in [4.69, 9.17) is 17.3 Å². The third kappa shape index (κ3) is 2.43. The van der Waals surface area contributed by atoms with Crippen LogP contribution in [0, 0.1) is 6.92 Å². The van der Waals surface area contributed by atoms with Crippen LogP contribution in [0.3, 0.4) is 0 Å². The van der Waals surface area contributed by atoms with E-state index in [-0.39, 0.29) is 11.6 Å². The second-order valence-corrected chi connectivity index (χ2v) is 5.95. The second-order valence-electron chi connectivity index (χ2n) is 5.54. The van der Waals surface area contributed by atoms with Gasteiger partial charge < -0.3 is 5.73 Å². The molecule has 0 saturated carbocycles. The predicted octanol–water partition coefficient (Wildman–Crippen LogP) is 3.97. The Labute approximate surface area is 133 Å². The van der Waals surface area contributed by atoms with Gasteiger partial charge in [-0.05, 0) is 43.5 Å². The van der Waals surface area contributed by atoms with Gasteiger partial charge in [-0.15, -0.1) is 0 Å². The predicted molar refractivity (Wildman–Crippen MR) is 91.9 cm³/mol. The van der Waals surface area contributed by atoms with Crippen molar-refractivity contribution in [2.75, 3.05) is 0 Å². The van der Waals surface area contributed by atoms with Crippen LogP contribution in [0.15, 0.2) is 53.3 Å². The van der Waals surface area contributed by atoms with Crippen molar-refractivity contribution in [3.63, 3.8) is 0 Å². The summed E-state index contributed by atoms with van der Waals surface area (Å²) in [6.45, 7) is 3.88. The molecule has 2 N–H and O–H groups in total. The molecule has 0 aliphatic heterocycles. The Bertz CT molecular complexity index is 895. The molecular weight excluding hydrogens is 296 g/mol. The zero-order valence-corrected chi connectivity index (χ0v) is 13.3. The fourth-order valence-corrected chi connectivity index (χ4v) is 2.90.